The molecule has 1 atom stereocenters. The average molecular weight is 559 g/mol. The number of nitrogens with zero attached hydrogens (tertiary/aromatic N) is 1. The van der Waals surface area contributed by atoms with Gasteiger partial charge in [-0.15, -0.1) is 0 Å². The third-order valence-corrected chi connectivity index (χ3v) is 6.87. The van der Waals surface area contributed by atoms with Crippen molar-refractivity contribution in [2.24, 2.45) is 5.92 Å². The van der Waals surface area contributed by atoms with E-state index < -0.39 is 47.2 Å². The fourth-order valence-corrected chi connectivity index (χ4v) is 4.74. The number of ketones is 1. The molecular formula is C30H30F4N2O4. The van der Waals surface area contributed by atoms with Gasteiger partial charge >= 0.3 is 12.1 Å². The molecule has 1 aliphatic rings. The molecule has 0 aliphatic carbocycles. The lowest BCUT2D eigenvalue weighted by Gasteiger charge is -2.17. The van der Waals surface area contributed by atoms with Gasteiger partial charge in [0.25, 0.3) is 0 Å². The van der Waals surface area contributed by atoms with E-state index in [2.05, 4.69) is 16.4 Å². The van der Waals surface area contributed by atoms with Crippen molar-refractivity contribution in [3.8, 4) is 5.75 Å². The molecule has 2 heterocycles. The number of benzene rings is 2. The molecule has 1 aromatic heterocycles. The van der Waals surface area contributed by atoms with E-state index in [4.69, 9.17) is 4.74 Å². The Morgan fingerprint density at radius 1 is 1.07 bits per heavy atom. The number of aromatic nitrogens is 1. The van der Waals surface area contributed by atoms with Crippen molar-refractivity contribution in [3.63, 3.8) is 0 Å². The van der Waals surface area contributed by atoms with Crippen LogP contribution in [-0.4, -0.2) is 35.0 Å². The molecule has 1 aliphatic heterocycles. The first-order valence-corrected chi connectivity index (χ1v) is 13.2. The second-order valence-corrected chi connectivity index (χ2v) is 9.80. The Morgan fingerprint density at radius 2 is 1.85 bits per heavy atom. The molecule has 0 spiro atoms. The van der Waals surface area contributed by atoms with E-state index in [1.807, 2.05) is 6.07 Å². The first-order chi connectivity index (χ1) is 19.1. The number of hydrogen-bond acceptors (Lipinski definition) is 5. The Labute approximate surface area is 229 Å². The zero-order valence-electron chi connectivity index (χ0n) is 21.8. The summed E-state index contributed by atoms with van der Waals surface area (Å²) in [5.41, 5.74) is 0.481. The number of carboxylic acid groups (broad SMARTS) is 1. The van der Waals surface area contributed by atoms with Crippen LogP contribution in [0.3, 0.4) is 0 Å². The van der Waals surface area contributed by atoms with Crippen molar-refractivity contribution < 1.29 is 37.0 Å². The monoisotopic (exact) mass is 558 g/mol. The Balaban J connectivity index is 1.27. The van der Waals surface area contributed by atoms with E-state index in [9.17, 15) is 32.3 Å². The largest absolute Gasteiger partial charge is 0.494 e. The number of pyridine rings is 1. The van der Waals surface area contributed by atoms with Crippen LogP contribution in [0.2, 0.25) is 0 Å². The van der Waals surface area contributed by atoms with Crippen LogP contribution in [0.5, 0.6) is 5.75 Å². The number of fused-ring (bicyclic) bond motifs is 1. The van der Waals surface area contributed by atoms with Gasteiger partial charge in [-0.1, -0.05) is 24.3 Å². The Bertz CT molecular complexity index is 1340. The van der Waals surface area contributed by atoms with Gasteiger partial charge in [0.15, 0.2) is 5.78 Å². The fourth-order valence-electron chi connectivity index (χ4n) is 4.74. The maximum Gasteiger partial charge on any atom is 0.417 e. The lowest BCUT2D eigenvalue weighted by atomic mass is 9.91. The standard InChI is InChI=1S/C30H30F4N2O4/c31-25-7-1-6-24(30(32,33)34)27(25)26(37)15-11-21(29(38)39)18-19-8-13-23(14-9-19)40-17-3-5-22-12-10-20-4-2-16-35-28(20)36-22/h1,6-10,12-14,21H,2-5,11,15-18H2,(H,35,36)(H,38,39)/t21-/m0/s1. The third-order valence-electron chi connectivity index (χ3n) is 6.87. The number of ether oxygens (including phenoxy) is 1. The van der Waals surface area contributed by atoms with E-state index in [1.165, 1.54) is 5.56 Å². The van der Waals surface area contributed by atoms with Crippen LogP contribution in [0.4, 0.5) is 23.4 Å². The van der Waals surface area contributed by atoms with E-state index >= 15 is 0 Å². The van der Waals surface area contributed by atoms with Gasteiger partial charge in [0, 0.05) is 18.7 Å². The number of Topliss-reactive ketones (excluding diaryl/α,β-unsaturated/α-hetero) is 1. The summed E-state index contributed by atoms with van der Waals surface area (Å²) in [6.07, 6.45) is -1.93. The molecule has 0 radical (unpaired) electrons. The van der Waals surface area contributed by atoms with Gasteiger partial charge in [0.2, 0.25) is 0 Å². The molecule has 0 unspecified atom stereocenters. The molecule has 4 rings (SSSR count). The van der Waals surface area contributed by atoms with Crippen molar-refractivity contribution in [2.45, 2.75) is 51.1 Å². The second-order valence-electron chi connectivity index (χ2n) is 9.80. The highest BCUT2D eigenvalue weighted by atomic mass is 19.4. The van der Waals surface area contributed by atoms with Crippen molar-refractivity contribution in [1.82, 2.24) is 4.98 Å². The smallest absolute Gasteiger partial charge is 0.417 e. The molecule has 212 valence electrons. The molecule has 2 N–H and O–H groups in total. The van der Waals surface area contributed by atoms with Crippen LogP contribution < -0.4 is 10.1 Å². The topological polar surface area (TPSA) is 88.5 Å². The highest BCUT2D eigenvalue weighted by Crippen LogP contribution is 2.34. The van der Waals surface area contributed by atoms with E-state index in [1.54, 1.807) is 24.3 Å². The highest BCUT2D eigenvalue weighted by Gasteiger charge is 2.36. The average Bonchev–Trinajstić information content (AvgIpc) is 2.93. The number of carbonyl (C=O) groups excluding carboxylic acids is 1. The quantitative estimate of drug-likeness (QED) is 0.150. The summed E-state index contributed by atoms with van der Waals surface area (Å²) >= 11 is 0. The lowest BCUT2D eigenvalue weighted by Crippen LogP contribution is -2.20. The summed E-state index contributed by atoms with van der Waals surface area (Å²) < 4.78 is 59.6. The molecule has 10 heteroatoms. The molecule has 0 saturated heterocycles. The molecule has 3 aromatic rings. The minimum absolute atomic E-state index is 0.0598. The molecule has 0 amide bonds. The SMILES string of the molecule is O=C(CC[C@@H](Cc1ccc(OCCCc2ccc3c(n2)NCCC3)cc1)C(=O)O)c1c(F)cccc1C(F)(F)F. The number of hydrogen-bond donors (Lipinski definition) is 2. The van der Waals surface area contributed by atoms with Gasteiger partial charge in [0.05, 0.1) is 23.7 Å². The predicted octanol–water partition coefficient (Wildman–Crippen LogP) is 6.52. The lowest BCUT2D eigenvalue weighted by molar-refractivity contribution is -0.142. The van der Waals surface area contributed by atoms with Crippen molar-refractivity contribution in [1.29, 1.82) is 0 Å². The molecule has 40 heavy (non-hydrogen) atoms. The summed E-state index contributed by atoms with van der Waals surface area (Å²) in [7, 11) is 0. The van der Waals surface area contributed by atoms with Gasteiger partial charge in [-0.2, -0.15) is 13.2 Å². The van der Waals surface area contributed by atoms with Crippen LogP contribution in [0.25, 0.3) is 0 Å². The number of carbonyl (C=O) groups is 2. The number of aryl methyl sites for hydroxylation is 2. The van der Waals surface area contributed by atoms with Crippen molar-refractivity contribution >= 4 is 17.6 Å². The van der Waals surface area contributed by atoms with Crippen LogP contribution >= 0.6 is 0 Å². The molecule has 2 aromatic carbocycles. The molecule has 0 fully saturated rings. The number of alkyl halides is 3. The minimum Gasteiger partial charge on any atom is -0.494 e. The molecule has 0 saturated carbocycles. The number of anilines is 1. The summed E-state index contributed by atoms with van der Waals surface area (Å²) in [5, 5.41) is 12.9. The summed E-state index contributed by atoms with van der Waals surface area (Å²) in [6.45, 7) is 1.41. The number of carboxylic acids is 1. The molecule has 0 bridgehead atoms. The zero-order valence-corrected chi connectivity index (χ0v) is 21.8. The first kappa shape index (κ1) is 29.0. The van der Waals surface area contributed by atoms with Gasteiger partial charge in [-0.25, -0.2) is 9.37 Å². The maximum atomic E-state index is 14.1. The second kappa shape index (κ2) is 12.9. The number of rotatable bonds is 12. The normalized spacial score (nSPS) is 13.7. The van der Waals surface area contributed by atoms with Gasteiger partial charge in [0.1, 0.15) is 17.4 Å². The summed E-state index contributed by atoms with van der Waals surface area (Å²) in [5.74, 6) is -3.01. The summed E-state index contributed by atoms with van der Waals surface area (Å²) in [6, 6.07) is 13.3. The number of aliphatic carboxylic acids is 1. The number of nitrogens with one attached hydrogen (secondary N) is 1. The number of halogens is 4. The van der Waals surface area contributed by atoms with Crippen LogP contribution in [0, 0.1) is 11.7 Å². The highest BCUT2D eigenvalue weighted by molar-refractivity contribution is 5.98. The Morgan fingerprint density at radius 3 is 2.58 bits per heavy atom. The van der Waals surface area contributed by atoms with Crippen molar-refractivity contribution in [2.75, 3.05) is 18.5 Å². The summed E-state index contributed by atoms with van der Waals surface area (Å²) in [4.78, 5) is 28.9. The zero-order chi connectivity index (χ0) is 28.7. The first-order valence-electron chi connectivity index (χ1n) is 13.2. The Kier molecular flexibility index (Phi) is 9.39. The van der Waals surface area contributed by atoms with Gasteiger partial charge in [-0.3, -0.25) is 9.59 Å². The van der Waals surface area contributed by atoms with Gasteiger partial charge in [-0.05, 0) is 80.0 Å². The minimum atomic E-state index is -4.90. The van der Waals surface area contributed by atoms with E-state index in [0.717, 1.165) is 55.9 Å². The van der Waals surface area contributed by atoms with Crippen LogP contribution in [0.1, 0.15) is 58.4 Å². The molecular weight excluding hydrogens is 528 g/mol. The van der Waals surface area contributed by atoms with E-state index in [0.29, 0.717) is 24.0 Å². The third kappa shape index (κ3) is 7.58. The van der Waals surface area contributed by atoms with Crippen LogP contribution in [0.15, 0.2) is 54.6 Å². The predicted molar refractivity (Wildman–Crippen MR) is 141 cm³/mol. The fraction of sp³-hybridized carbons (Fsp3) is 0.367. The maximum absolute atomic E-state index is 14.1. The van der Waals surface area contributed by atoms with Gasteiger partial charge < -0.3 is 15.2 Å². The van der Waals surface area contributed by atoms with Crippen LogP contribution in [-0.2, 0) is 30.2 Å². The molecule has 6 nitrogen and oxygen atoms in total. The van der Waals surface area contributed by atoms with E-state index in [-0.39, 0.29) is 12.8 Å². The van der Waals surface area contributed by atoms with Crippen molar-refractivity contribution in [3.05, 3.63) is 88.4 Å². The Hall–Kier alpha value is -3.95.